The molecule has 106 valence electrons. The minimum Gasteiger partial charge on any atom is -0.333 e. The zero-order chi connectivity index (χ0) is 15.1. The Kier molecular flexibility index (Phi) is 5.35. The van der Waals surface area contributed by atoms with Gasteiger partial charge in [0.2, 0.25) is 0 Å². The number of carbonyl (C=O) groups is 1. The SMILES string of the molecule is N#CCCN(Cc1cccnc1)C(=O)c1cccc(S)c1. The van der Waals surface area contributed by atoms with E-state index in [9.17, 15) is 4.79 Å². The van der Waals surface area contributed by atoms with Crippen molar-refractivity contribution in [1.82, 2.24) is 9.88 Å². The largest absolute Gasteiger partial charge is 0.333 e. The number of hydrogen-bond donors (Lipinski definition) is 1. The molecule has 1 aromatic heterocycles. The Balaban J connectivity index is 2.19. The molecule has 5 heteroatoms. The van der Waals surface area contributed by atoms with Gasteiger partial charge in [-0.1, -0.05) is 12.1 Å². The summed E-state index contributed by atoms with van der Waals surface area (Å²) in [5.41, 5.74) is 1.51. The molecular weight excluding hydrogens is 282 g/mol. The number of benzene rings is 1. The molecule has 21 heavy (non-hydrogen) atoms. The summed E-state index contributed by atoms with van der Waals surface area (Å²) < 4.78 is 0. The lowest BCUT2D eigenvalue weighted by molar-refractivity contribution is 0.0746. The van der Waals surface area contributed by atoms with E-state index in [1.54, 1.807) is 35.5 Å². The van der Waals surface area contributed by atoms with Gasteiger partial charge >= 0.3 is 0 Å². The second-order valence-corrected chi connectivity index (χ2v) is 5.06. The molecule has 0 N–H and O–H groups in total. The molecular formula is C16H15N3OS. The lowest BCUT2D eigenvalue weighted by atomic mass is 10.1. The third kappa shape index (κ3) is 4.33. The van der Waals surface area contributed by atoms with Gasteiger partial charge in [0, 0.05) is 35.9 Å². The molecule has 1 amide bonds. The molecule has 0 spiro atoms. The standard InChI is InChI=1S/C16H15N3OS/c17-7-3-9-19(12-13-4-2-8-18-11-13)16(20)14-5-1-6-15(21)10-14/h1-2,4-6,8,10-11,21H,3,9,12H2. The summed E-state index contributed by atoms with van der Waals surface area (Å²) >= 11 is 4.25. The van der Waals surface area contributed by atoms with Crippen LogP contribution in [0.3, 0.4) is 0 Å². The zero-order valence-electron chi connectivity index (χ0n) is 11.4. The monoisotopic (exact) mass is 297 g/mol. The molecule has 4 nitrogen and oxygen atoms in total. The van der Waals surface area contributed by atoms with Crippen molar-refractivity contribution < 1.29 is 4.79 Å². The summed E-state index contributed by atoms with van der Waals surface area (Å²) in [7, 11) is 0. The number of aromatic nitrogens is 1. The summed E-state index contributed by atoms with van der Waals surface area (Å²) in [4.78, 5) is 19.0. The second-order valence-electron chi connectivity index (χ2n) is 4.55. The van der Waals surface area contributed by atoms with E-state index in [0.29, 0.717) is 25.1 Å². The van der Waals surface area contributed by atoms with Crippen molar-refractivity contribution in [2.45, 2.75) is 17.9 Å². The normalized spacial score (nSPS) is 9.90. The van der Waals surface area contributed by atoms with E-state index < -0.39 is 0 Å². The van der Waals surface area contributed by atoms with Crippen LogP contribution in [0.15, 0.2) is 53.7 Å². The summed E-state index contributed by atoms with van der Waals surface area (Å²) in [6.45, 7) is 0.826. The van der Waals surface area contributed by atoms with Crippen molar-refractivity contribution in [2.75, 3.05) is 6.54 Å². The smallest absolute Gasteiger partial charge is 0.254 e. The van der Waals surface area contributed by atoms with Crippen LogP contribution in [0.5, 0.6) is 0 Å². The Morgan fingerprint density at radius 2 is 2.19 bits per heavy atom. The van der Waals surface area contributed by atoms with Gasteiger partial charge in [-0.3, -0.25) is 9.78 Å². The Labute approximate surface area is 129 Å². The van der Waals surface area contributed by atoms with E-state index >= 15 is 0 Å². The van der Waals surface area contributed by atoms with E-state index in [2.05, 4.69) is 23.7 Å². The molecule has 2 rings (SSSR count). The molecule has 0 saturated heterocycles. The van der Waals surface area contributed by atoms with Gasteiger partial charge in [0.05, 0.1) is 12.5 Å². The molecule has 0 aliphatic rings. The van der Waals surface area contributed by atoms with Crippen molar-refractivity contribution in [3.63, 3.8) is 0 Å². The Morgan fingerprint density at radius 3 is 2.86 bits per heavy atom. The van der Waals surface area contributed by atoms with Gasteiger partial charge < -0.3 is 4.90 Å². The first-order valence-corrected chi connectivity index (χ1v) is 6.99. The second kappa shape index (κ2) is 7.46. The number of carbonyl (C=O) groups excluding carboxylic acids is 1. The molecule has 0 radical (unpaired) electrons. The Morgan fingerprint density at radius 1 is 1.33 bits per heavy atom. The summed E-state index contributed by atoms with van der Waals surface area (Å²) in [5.74, 6) is -0.106. The van der Waals surface area contributed by atoms with Crippen LogP contribution < -0.4 is 0 Å². The Bertz CT molecular complexity index is 652. The number of amides is 1. The Hall–Kier alpha value is -2.32. The van der Waals surface area contributed by atoms with Gasteiger partial charge in [-0.05, 0) is 29.8 Å². The van der Waals surface area contributed by atoms with E-state index in [0.717, 1.165) is 10.5 Å². The molecule has 0 fully saturated rings. The molecule has 2 aromatic rings. The molecule has 0 saturated carbocycles. The highest BCUT2D eigenvalue weighted by Crippen LogP contribution is 2.13. The fourth-order valence-corrected chi connectivity index (χ4v) is 2.20. The van der Waals surface area contributed by atoms with Crippen molar-refractivity contribution in [3.8, 4) is 6.07 Å². The molecule has 0 aliphatic heterocycles. The molecule has 0 unspecified atom stereocenters. The highest BCUT2D eigenvalue weighted by molar-refractivity contribution is 7.80. The number of thiol groups is 1. The molecule has 1 heterocycles. The van der Waals surface area contributed by atoms with E-state index in [1.165, 1.54) is 0 Å². The predicted molar refractivity (Wildman–Crippen MR) is 82.9 cm³/mol. The molecule has 1 aromatic carbocycles. The quantitative estimate of drug-likeness (QED) is 0.863. The molecule has 0 bridgehead atoms. The highest BCUT2D eigenvalue weighted by atomic mass is 32.1. The third-order valence-corrected chi connectivity index (χ3v) is 3.25. The van der Waals surface area contributed by atoms with Crippen molar-refractivity contribution in [3.05, 3.63) is 59.9 Å². The number of nitrogens with zero attached hydrogens (tertiary/aromatic N) is 3. The first-order valence-electron chi connectivity index (χ1n) is 6.55. The summed E-state index contributed by atoms with van der Waals surface area (Å²) in [6, 6.07) is 12.9. The molecule has 0 aliphatic carbocycles. The van der Waals surface area contributed by atoms with Gasteiger partial charge in [0.1, 0.15) is 0 Å². The van der Waals surface area contributed by atoms with E-state index in [1.807, 2.05) is 18.2 Å². The van der Waals surface area contributed by atoms with Crippen LogP contribution in [-0.2, 0) is 6.54 Å². The van der Waals surface area contributed by atoms with Gasteiger partial charge in [-0.15, -0.1) is 12.6 Å². The maximum atomic E-state index is 12.6. The number of pyridine rings is 1. The van der Waals surface area contributed by atoms with Crippen molar-refractivity contribution in [1.29, 1.82) is 5.26 Å². The van der Waals surface area contributed by atoms with E-state index in [-0.39, 0.29) is 5.91 Å². The van der Waals surface area contributed by atoms with Crippen molar-refractivity contribution in [2.24, 2.45) is 0 Å². The number of nitriles is 1. The minimum atomic E-state index is -0.106. The van der Waals surface area contributed by atoms with Crippen LogP contribution in [0, 0.1) is 11.3 Å². The number of rotatable bonds is 5. The minimum absolute atomic E-state index is 0.106. The van der Waals surface area contributed by atoms with Gasteiger partial charge in [-0.25, -0.2) is 0 Å². The zero-order valence-corrected chi connectivity index (χ0v) is 12.3. The molecule has 0 atom stereocenters. The third-order valence-electron chi connectivity index (χ3n) is 2.97. The maximum Gasteiger partial charge on any atom is 0.254 e. The highest BCUT2D eigenvalue weighted by Gasteiger charge is 2.16. The summed E-state index contributed by atoms with van der Waals surface area (Å²) in [5, 5.41) is 8.77. The summed E-state index contributed by atoms with van der Waals surface area (Å²) in [6.07, 6.45) is 3.71. The first kappa shape index (κ1) is 15.1. The average Bonchev–Trinajstić information content (AvgIpc) is 2.51. The van der Waals surface area contributed by atoms with Crippen molar-refractivity contribution >= 4 is 18.5 Å². The fourth-order valence-electron chi connectivity index (χ4n) is 1.97. The van der Waals surface area contributed by atoms with Gasteiger partial charge in [-0.2, -0.15) is 5.26 Å². The van der Waals surface area contributed by atoms with E-state index in [4.69, 9.17) is 5.26 Å². The fraction of sp³-hybridized carbons (Fsp3) is 0.188. The van der Waals surface area contributed by atoms with Gasteiger partial charge in [0.15, 0.2) is 0 Å². The lowest BCUT2D eigenvalue weighted by Gasteiger charge is -2.21. The van der Waals surface area contributed by atoms with Crippen LogP contribution in [0.25, 0.3) is 0 Å². The lowest BCUT2D eigenvalue weighted by Crippen LogP contribution is -2.31. The van der Waals surface area contributed by atoms with Crippen LogP contribution in [-0.4, -0.2) is 22.3 Å². The van der Waals surface area contributed by atoms with Crippen LogP contribution in [0.2, 0.25) is 0 Å². The number of hydrogen-bond acceptors (Lipinski definition) is 4. The van der Waals surface area contributed by atoms with Gasteiger partial charge in [0.25, 0.3) is 5.91 Å². The van der Waals surface area contributed by atoms with Crippen LogP contribution in [0.1, 0.15) is 22.3 Å². The first-order chi connectivity index (χ1) is 10.2. The predicted octanol–water partition coefficient (Wildman–Crippen LogP) is 2.93. The van der Waals surface area contributed by atoms with Crippen LogP contribution in [0.4, 0.5) is 0 Å². The topological polar surface area (TPSA) is 57.0 Å². The average molecular weight is 297 g/mol. The van der Waals surface area contributed by atoms with Crippen LogP contribution >= 0.6 is 12.6 Å². The maximum absolute atomic E-state index is 12.6.